The molecule has 0 bridgehead atoms. The molecule has 106 valence electrons. The van der Waals surface area contributed by atoms with Gasteiger partial charge in [0.25, 0.3) is 0 Å². The lowest BCUT2D eigenvalue weighted by atomic mass is 10.1. The quantitative estimate of drug-likeness (QED) is 0.456. The van der Waals surface area contributed by atoms with Gasteiger partial charge in [-0.1, -0.05) is 24.3 Å². The third-order valence-electron chi connectivity index (χ3n) is 2.84. The zero-order valence-electron chi connectivity index (χ0n) is 10.9. The normalized spacial score (nSPS) is 10.7. The number of phenols is 2. The van der Waals surface area contributed by atoms with E-state index in [0.717, 1.165) is 0 Å². The van der Waals surface area contributed by atoms with Crippen LogP contribution < -0.4 is 0 Å². The highest BCUT2D eigenvalue weighted by Gasteiger charge is 2.05. The molecule has 0 saturated carbocycles. The summed E-state index contributed by atoms with van der Waals surface area (Å²) in [4.78, 5) is 22.6. The highest BCUT2D eigenvalue weighted by atomic mass is 16.4. The van der Waals surface area contributed by atoms with Crippen molar-refractivity contribution >= 4 is 17.8 Å². The van der Waals surface area contributed by atoms with Crippen LogP contribution in [0.3, 0.4) is 0 Å². The average molecular weight is 284 g/mol. The number of benzene rings is 2. The van der Waals surface area contributed by atoms with Crippen molar-refractivity contribution in [1.29, 1.82) is 0 Å². The molecule has 0 heterocycles. The van der Waals surface area contributed by atoms with E-state index in [1.165, 1.54) is 48.6 Å². The molecule has 0 aliphatic carbocycles. The number of hydrogen-bond donors (Lipinski definition) is 3. The highest BCUT2D eigenvalue weighted by molar-refractivity contribution is 6.07. The minimum absolute atomic E-state index is 0.110. The highest BCUT2D eigenvalue weighted by Crippen LogP contribution is 2.25. The van der Waals surface area contributed by atoms with E-state index >= 15 is 0 Å². The van der Waals surface area contributed by atoms with Gasteiger partial charge in [0.2, 0.25) is 0 Å². The lowest BCUT2D eigenvalue weighted by Gasteiger charge is -1.99. The number of ketones is 1. The number of rotatable bonds is 4. The number of carbonyl (C=O) groups is 2. The number of allylic oxidation sites excluding steroid dienone is 1. The summed E-state index contributed by atoms with van der Waals surface area (Å²) in [5.41, 5.74) is 1.03. The number of carboxylic acid groups (broad SMARTS) is 1. The topological polar surface area (TPSA) is 94.8 Å². The third kappa shape index (κ3) is 3.48. The first kappa shape index (κ1) is 14.3. The number of carboxylic acids is 1. The van der Waals surface area contributed by atoms with Gasteiger partial charge in [-0.25, -0.2) is 4.79 Å². The van der Waals surface area contributed by atoms with Crippen LogP contribution in [0.25, 0.3) is 6.08 Å². The number of hydrogen-bond acceptors (Lipinski definition) is 4. The van der Waals surface area contributed by atoms with Gasteiger partial charge in [-0.3, -0.25) is 4.79 Å². The first-order chi connectivity index (χ1) is 9.97. The van der Waals surface area contributed by atoms with E-state index in [1.54, 1.807) is 6.07 Å². The second kappa shape index (κ2) is 5.92. The lowest BCUT2D eigenvalue weighted by molar-refractivity contribution is 0.0696. The summed E-state index contributed by atoms with van der Waals surface area (Å²) in [6.07, 6.45) is 2.80. The molecule has 0 radical (unpaired) electrons. The van der Waals surface area contributed by atoms with Gasteiger partial charge in [0.15, 0.2) is 17.3 Å². The molecule has 0 unspecified atom stereocenters. The van der Waals surface area contributed by atoms with Crippen LogP contribution in [-0.2, 0) is 0 Å². The Labute approximate surface area is 120 Å². The minimum Gasteiger partial charge on any atom is -0.504 e. The summed E-state index contributed by atoms with van der Waals surface area (Å²) < 4.78 is 0. The van der Waals surface area contributed by atoms with Crippen LogP contribution in [0.5, 0.6) is 11.5 Å². The van der Waals surface area contributed by atoms with E-state index in [4.69, 9.17) is 5.11 Å². The van der Waals surface area contributed by atoms with Crippen LogP contribution in [0.15, 0.2) is 48.5 Å². The molecule has 0 aliphatic rings. The molecule has 0 fully saturated rings. The number of aromatic carboxylic acids is 1. The second-order valence-electron chi connectivity index (χ2n) is 4.33. The van der Waals surface area contributed by atoms with Crippen LogP contribution in [0.2, 0.25) is 0 Å². The number of phenolic OH excluding ortho intramolecular Hbond substituents is 2. The Hall–Kier alpha value is -3.08. The van der Waals surface area contributed by atoms with E-state index in [1.807, 2.05) is 0 Å². The molecule has 0 aromatic heterocycles. The van der Waals surface area contributed by atoms with Crippen molar-refractivity contribution in [3.8, 4) is 11.5 Å². The van der Waals surface area contributed by atoms with E-state index < -0.39 is 5.97 Å². The Balaban J connectivity index is 2.14. The maximum atomic E-state index is 11.9. The van der Waals surface area contributed by atoms with Crippen molar-refractivity contribution < 1.29 is 24.9 Å². The number of carbonyl (C=O) groups excluding carboxylic acids is 1. The smallest absolute Gasteiger partial charge is 0.335 e. The summed E-state index contributed by atoms with van der Waals surface area (Å²) in [5.74, 6) is -1.85. The molecule has 2 rings (SSSR count). The van der Waals surface area contributed by atoms with Gasteiger partial charge in [-0.15, -0.1) is 0 Å². The van der Waals surface area contributed by atoms with Crippen molar-refractivity contribution in [1.82, 2.24) is 0 Å². The Kier molecular flexibility index (Phi) is 4.04. The van der Waals surface area contributed by atoms with Crippen molar-refractivity contribution in [2.45, 2.75) is 0 Å². The van der Waals surface area contributed by atoms with Crippen LogP contribution in [0.1, 0.15) is 26.3 Å². The zero-order chi connectivity index (χ0) is 15.4. The summed E-state index contributed by atoms with van der Waals surface area (Å²) >= 11 is 0. The number of aromatic hydroxyl groups is 2. The van der Waals surface area contributed by atoms with Gasteiger partial charge < -0.3 is 15.3 Å². The Morgan fingerprint density at radius 2 is 1.48 bits per heavy atom. The first-order valence-corrected chi connectivity index (χ1v) is 6.05. The molecule has 0 atom stereocenters. The van der Waals surface area contributed by atoms with Gasteiger partial charge in [0.1, 0.15) is 0 Å². The molecule has 5 heteroatoms. The van der Waals surface area contributed by atoms with Gasteiger partial charge in [-0.05, 0) is 35.9 Å². The van der Waals surface area contributed by atoms with Crippen LogP contribution in [0, 0.1) is 0 Å². The van der Waals surface area contributed by atoms with Crippen molar-refractivity contribution in [2.75, 3.05) is 0 Å². The molecule has 2 aromatic carbocycles. The third-order valence-corrected chi connectivity index (χ3v) is 2.84. The monoisotopic (exact) mass is 284 g/mol. The minimum atomic E-state index is -1.05. The van der Waals surface area contributed by atoms with Crippen molar-refractivity contribution in [2.24, 2.45) is 0 Å². The average Bonchev–Trinajstić information content (AvgIpc) is 2.48. The summed E-state index contributed by atoms with van der Waals surface area (Å²) in [7, 11) is 0. The molecule has 21 heavy (non-hydrogen) atoms. The molecule has 0 amide bonds. The van der Waals surface area contributed by atoms with Crippen LogP contribution in [0.4, 0.5) is 0 Å². The van der Waals surface area contributed by atoms with Crippen molar-refractivity contribution in [3.63, 3.8) is 0 Å². The molecule has 3 N–H and O–H groups in total. The van der Waals surface area contributed by atoms with E-state index in [2.05, 4.69) is 0 Å². The summed E-state index contributed by atoms with van der Waals surface area (Å²) in [5, 5.41) is 27.3. The van der Waals surface area contributed by atoms with Gasteiger partial charge in [0, 0.05) is 5.56 Å². The summed E-state index contributed by atoms with van der Waals surface area (Å²) in [6.45, 7) is 0. The fourth-order valence-corrected chi connectivity index (χ4v) is 1.69. The Morgan fingerprint density at radius 1 is 0.857 bits per heavy atom. The van der Waals surface area contributed by atoms with E-state index in [0.29, 0.717) is 11.1 Å². The molecular weight excluding hydrogens is 272 g/mol. The Morgan fingerprint density at radius 3 is 2.05 bits per heavy atom. The predicted octanol–water partition coefficient (Wildman–Crippen LogP) is 2.69. The van der Waals surface area contributed by atoms with Gasteiger partial charge in [-0.2, -0.15) is 0 Å². The fraction of sp³-hybridized carbons (Fsp3) is 0. The van der Waals surface area contributed by atoms with Crippen LogP contribution >= 0.6 is 0 Å². The van der Waals surface area contributed by atoms with E-state index in [9.17, 15) is 19.8 Å². The second-order valence-corrected chi connectivity index (χ2v) is 4.33. The Bertz CT molecular complexity index is 714. The molecule has 0 aliphatic heterocycles. The van der Waals surface area contributed by atoms with Gasteiger partial charge >= 0.3 is 5.97 Å². The largest absolute Gasteiger partial charge is 0.504 e. The molecular formula is C16H12O5. The molecule has 0 saturated heterocycles. The maximum absolute atomic E-state index is 11.9. The van der Waals surface area contributed by atoms with Crippen molar-refractivity contribution in [3.05, 3.63) is 65.2 Å². The molecule has 2 aromatic rings. The lowest BCUT2D eigenvalue weighted by Crippen LogP contribution is -1.98. The molecule has 5 nitrogen and oxygen atoms in total. The standard InChI is InChI=1S/C16H12O5/c17-13(11-3-5-12(6-4-11)16(20)21)7-1-10-2-8-14(18)15(19)9-10/h1-9,18-19H,(H,20,21). The fourth-order valence-electron chi connectivity index (χ4n) is 1.69. The predicted molar refractivity (Wildman–Crippen MR) is 76.5 cm³/mol. The maximum Gasteiger partial charge on any atom is 0.335 e. The molecule has 0 spiro atoms. The SMILES string of the molecule is O=C(O)c1ccc(C(=O)C=Cc2ccc(O)c(O)c2)cc1. The zero-order valence-corrected chi connectivity index (χ0v) is 10.9. The van der Waals surface area contributed by atoms with Gasteiger partial charge in [0.05, 0.1) is 5.56 Å². The van der Waals surface area contributed by atoms with Crippen LogP contribution in [-0.4, -0.2) is 27.1 Å². The van der Waals surface area contributed by atoms with E-state index in [-0.39, 0.29) is 22.8 Å². The summed E-state index contributed by atoms with van der Waals surface area (Å²) in [6, 6.07) is 9.78. The first-order valence-electron chi connectivity index (χ1n) is 6.05.